The minimum absolute atomic E-state index is 0.191. The normalized spacial score (nSPS) is 11.6. The van der Waals surface area contributed by atoms with Crippen LogP contribution in [0.4, 0.5) is 0 Å². The highest BCUT2D eigenvalue weighted by Crippen LogP contribution is 2.35. The number of benzene rings is 1. The van der Waals surface area contributed by atoms with E-state index in [4.69, 9.17) is 26.2 Å². The third-order valence-corrected chi connectivity index (χ3v) is 2.69. The average molecular weight is 288 g/mol. The second-order valence-electron chi connectivity index (χ2n) is 3.73. The molecule has 1 aromatic rings. The molecule has 0 spiro atoms. The molecule has 7 heteroatoms. The lowest BCUT2D eigenvalue weighted by atomic mass is 10.1. The Morgan fingerprint density at radius 1 is 1.32 bits per heavy atom. The molecule has 0 bridgehead atoms. The Hall–Kier alpha value is -1.95. The van der Waals surface area contributed by atoms with E-state index in [9.17, 15) is 9.59 Å². The van der Waals surface area contributed by atoms with E-state index in [0.29, 0.717) is 11.5 Å². The van der Waals surface area contributed by atoms with Gasteiger partial charge in [0.1, 0.15) is 6.04 Å². The number of ether oxygens (including phenoxy) is 2. The molecular formula is C12H14ClNO5. The SMILES string of the molecule is COc1cc(C(=O)NC(C)C(=O)O)cc(Cl)c1OC. The van der Waals surface area contributed by atoms with Crippen LogP contribution in [0.5, 0.6) is 11.5 Å². The number of aliphatic carboxylic acids is 1. The Balaban J connectivity index is 3.05. The lowest BCUT2D eigenvalue weighted by Gasteiger charge is -2.13. The van der Waals surface area contributed by atoms with Crippen molar-refractivity contribution >= 4 is 23.5 Å². The van der Waals surface area contributed by atoms with Crippen molar-refractivity contribution in [3.05, 3.63) is 22.7 Å². The summed E-state index contributed by atoms with van der Waals surface area (Å²) in [7, 11) is 2.84. The van der Waals surface area contributed by atoms with E-state index >= 15 is 0 Å². The monoisotopic (exact) mass is 287 g/mol. The first-order valence-electron chi connectivity index (χ1n) is 5.35. The third-order valence-electron chi connectivity index (χ3n) is 2.41. The van der Waals surface area contributed by atoms with Gasteiger partial charge in [-0.3, -0.25) is 9.59 Å². The second kappa shape index (κ2) is 6.29. The zero-order valence-corrected chi connectivity index (χ0v) is 11.4. The van der Waals surface area contributed by atoms with Crippen molar-refractivity contribution in [2.45, 2.75) is 13.0 Å². The summed E-state index contributed by atoms with van der Waals surface area (Å²) in [5.74, 6) is -1.08. The van der Waals surface area contributed by atoms with Crippen LogP contribution in [-0.2, 0) is 4.79 Å². The summed E-state index contributed by atoms with van der Waals surface area (Å²) < 4.78 is 10.1. The van der Waals surface area contributed by atoms with E-state index in [1.54, 1.807) is 0 Å². The lowest BCUT2D eigenvalue weighted by molar-refractivity contribution is -0.138. The number of methoxy groups -OCH3 is 2. The van der Waals surface area contributed by atoms with Gasteiger partial charge in [-0.25, -0.2) is 0 Å². The van der Waals surface area contributed by atoms with Gasteiger partial charge < -0.3 is 19.9 Å². The molecule has 1 aromatic carbocycles. The van der Waals surface area contributed by atoms with Gasteiger partial charge in [-0.2, -0.15) is 0 Å². The zero-order chi connectivity index (χ0) is 14.6. The molecule has 0 aliphatic rings. The van der Waals surface area contributed by atoms with E-state index in [-0.39, 0.29) is 10.6 Å². The van der Waals surface area contributed by atoms with Crippen molar-refractivity contribution in [1.29, 1.82) is 0 Å². The quantitative estimate of drug-likeness (QED) is 0.858. The van der Waals surface area contributed by atoms with Gasteiger partial charge >= 0.3 is 5.97 Å². The number of carbonyl (C=O) groups excluding carboxylic acids is 1. The van der Waals surface area contributed by atoms with Gasteiger partial charge in [-0.05, 0) is 19.1 Å². The predicted molar refractivity (Wildman–Crippen MR) is 69.1 cm³/mol. The molecule has 19 heavy (non-hydrogen) atoms. The fraction of sp³-hybridized carbons (Fsp3) is 0.333. The molecule has 0 fully saturated rings. The van der Waals surface area contributed by atoms with Crippen LogP contribution in [0.2, 0.25) is 5.02 Å². The largest absolute Gasteiger partial charge is 0.493 e. The van der Waals surface area contributed by atoms with Gasteiger partial charge in [-0.15, -0.1) is 0 Å². The second-order valence-corrected chi connectivity index (χ2v) is 4.13. The molecule has 104 valence electrons. The van der Waals surface area contributed by atoms with Crippen molar-refractivity contribution in [2.75, 3.05) is 14.2 Å². The van der Waals surface area contributed by atoms with Crippen molar-refractivity contribution in [1.82, 2.24) is 5.32 Å². The molecule has 1 atom stereocenters. The Morgan fingerprint density at radius 3 is 2.42 bits per heavy atom. The number of carboxylic acids is 1. The first kappa shape index (κ1) is 15.1. The number of carbonyl (C=O) groups is 2. The minimum Gasteiger partial charge on any atom is -0.493 e. The number of hydrogen-bond acceptors (Lipinski definition) is 4. The van der Waals surface area contributed by atoms with Crippen LogP contribution in [-0.4, -0.2) is 37.2 Å². The van der Waals surface area contributed by atoms with Crippen LogP contribution in [0.1, 0.15) is 17.3 Å². The summed E-state index contributed by atoms with van der Waals surface area (Å²) >= 11 is 5.96. The van der Waals surface area contributed by atoms with Crippen LogP contribution >= 0.6 is 11.6 Å². The Labute approximate surface area is 115 Å². The van der Waals surface area contributed by atoms with Gasteiger partial charge in [0, 0.05) is 5.56 Å². The first-order chi connectivity index (χ1) is 8.90. The van der Waals surface area contributed by atoms with Gasteiger partial charge in [0.25, 0.3) is 5.91 Å². The fourth-order valence-corrected chi connectivity index (χ4v) is 1.68. The third kappa shape index (κ3) is 3.51. The summed E-state index contributed by atoms with van der Waals surface area (Å²) in [4.78, 5) is 22.5. The summed E-state index contributed by atoms with van der Waals surface area (Å²) in [5, 5.41) is 11.3. The smallest absolute Gasteiger partial charge is 0.325 e. The van der Waals surface area contributed by atoms with Gasteiger partial charge in [0.05, 0.1) is 19.2 Å². The molecule has 0 heterocycles. The van der Waals surface area contributed by atoms with Crippen LogP contribution in [0.3, 0.4) is 0 Å². The van der Waals surface area contributed by atoms with Crippen molar-refractivity contribution < 1.29 is 24.2 Å². The molecule has 0 aromatic heterocycles. The van der Waals surface area contributed by atoms with Gasteiger partial charge in [-0.1, -0.05) is 11.6 Å². The van der Waals surface area contributed by atoms with Crippen molar-refractivity contribution in [2.24, 2.45) is 0 Å². The van der Waals surface area contributed by atoms with Crippen molar-refractivity contribution in [3.63, 3.8) is 0 Å². The highest BCUT2D eigenvalue weighted by Gasteiger charge is 2.18. The fourth-order valence-electron chi connectivity index (χ4n) is 1.39. The Bertz CT molecular complexity index is 503. The highest BCUT2D eigenvalue weighted by atomic mass is 35.5. The van der Waals surface area contributed by atoms with Crippen LogP contribution in [0, 0.1) is 0 Å². The standard InChI is InChI=1S/C12H14ClNO5/c1-6(12(16)17)14-11(15)7-4-8(13)10(19-3)9(5-7)18-2/h4-6H,1-3H3,(H,14,15)(H,16,17). The van der Waals surface area contributed by atoms with E-state index < -0.39 is 17.9 Å². The number of carboxylic acid groups (broad SMARTS) is 1. The summed E-state index contributed by atoms with van der Waals surface area (Å²) in [5.41, 5.74) is 0.191. The van der Waals surface area contributed by atoms with E-state index in [0.717, 1.165) is 0 Å². The van der Waals surface area contributed by atoms with Gasteiger partial charge in [0.15, 0.2) is 11.5 Å². The number of hydrogen-bond donors (Lipinski definition) is 2. The summed E-state index contributed by atoms with van der Waals surface area (Å²) in [6, 6.07) is 1.81. The van der Waals surface area contributed by atoms with Crippen LogP contribution in [0.15, 0.2) is 12.1 Å². The van der Waals surface area contributed by atoms with E-state index in [1.165, 1.54) is 33.3 Å². The van der Waals surface area contributed by atoms with Crippen molar-refractivity contribution in [3.8, 4) is 11.5 Å². The molecule has 0 radical (unpaired) electrons. The molecule has 2 N–H and O–H groups in total. The minimum atomic E-state index is -1.13. The number of rotatable bonds is 5. The predicted octanol–water partition coefficient (Wildman–Crippen LogP) is 1.56. The lowest BCUT2D eigenvalue weighted by Crippen LogP contribution is -2.38. The average Bonchev–Trinajstić information content (AvgIpc) is 2.37. The molecule has 0 aliphatic heterocycles. The molecule has 0 saturated carbocycles. The van der Waals surface area contributed by atoms with E-state index in [1.807, 2.05) is 0 Å². The van der Waals surface area contributed by atoms with Crippen LogP contribution < -0.4 is 14.8 Å². The number of amides is 1. The maximum atomic E-state index is 11.9. The number of nitrogens with one attached hydrogen (secondary N) is 1. The zero-order valence-electron chi connectivity index (χ0n) is 10.7. The summed E-state index contributed by atoms with van der Waals surface area (Å²) in [6.45, 7) is 1.36. The first-order valence-corrected chi connectivity index (χ1v) is 5.73. The molecule has 0 aliphatic carbocycles. The molecule has 1 unspecified atom stereocenters. The topological polar surface area (TPSA) is 84.9 Å². The summed E-state index contributed by atoms with van der Waals surface area (Å²) in [6.07, 6.45) is 0. The maximum absolute atomic E-state index is 11.9. The van der Waals surface area contributed by atoms with Crippen LogP contribution in [0.25, 0.3) is 0 Å². The number of halogens is 1. The Kier molecular flexibility index (Phi) is 5.00. The van der Waals surface area contributed by atoms with Gasteiger partial charge in [0.2, 0.25) is 0 Å². The molecular weight excluding hydrogens is 274 g/mol. The molecule has 6 nitrogen and oxygen atoms in total. The highest BCUT2D eigenvalue weighted by molar-refractivity contribution is 6.32. The Morgan fingerprint density at radius 2 is 1.95 bits per heavy atom. The maximum Gasteiger partial charge on any atom is 0.325 e. The molecule has 1 amide bonds. The molecule has 1 rings (SSSR count). The van der Waals surface area contributed by atoms with E-state index in [2.05, 4.69) is 5.32 Å². The molecule has 0 saturated heterocycles.